The number of nitrogens with one attached hydrogen (secondary N) is 1. The average Bonchev–Trinajstić information content (AvgIpc) is 3.57. The molecule has 1 N–H and O–H groups in total. The number of alkyl halides is 3. The summed E-state index contributed by atoms with van der Waals surface area (Å²) in [7, 11) is 1.76. The van der Waals surface area contributed by atoms with Crippen LogP contribution < -0.4 is 5.32 Å². The number of rotatable bonds is 6. The normalized spacial score (nSPS) is 17.8. The van der Waals surface area contributed by atoms with E-state index in [1.54, 1.807) is 41.9 Å². The highest BCUT2D eigenvalue weighted by molar-refractivity contribution is 5.84. The third-order valence-electron chi connectivity index (χ3n) is 7.74. The van der Waals surface area contributed by atoms with Gasteiger partial charge in [0.25, 0.3) is 0 Å². The van der Waals surface area contributed by atoms with Crippen LogP contribution in [0.1, 0.15) is 43.7 Å². The second-order valence-electron chi connectivity index (χ2n) is 10.9. The van der Waals surface area contributed by atoms with Crippen LogP contribution in [-0.2, 0) is 19.8 Å². The molecule has 6 rings (SSSR count). The van der Waals surface area contributed by atoms with Gasteiger partial charge in [-0.15, -0.1) is 10.2 Å². The largest absolute Gasteiger partial charge is 0.435 e. The smallest absolute Gasteiger partial charge is 0.420 e. The average molecular weight is 564 g/mol. The van der Waals surface area contributed by atoms with Gasteiger partial charge in [0.05, 0.1) is 0 Å². The lowest BCUT2D eigenvalue weighted by atomic mass is 9.87. The number of hydrogen-bond acceptors (Lipinski definition) is 5. The van der Waals surface area contributed by atoms with E-state index < -0.39 is 17.6 Å². The molecule has 2 atom stereocenters. The fraction of sp³-hybridized carbons (Fsp3) is 0.323. The highest BCUT2D eigenvalue weighted by Gasteiger charge is 2.35. The molecule has 2 aromatic heterocycles. The summed E-state index contributed by atoms with van der Waals surface area (Å²) in [5.41, 5.74) is 1.93. The number of benzene rings is 3. The molecule has 1 aliphatic rings. The molecule has 5 aromatic rings. The standard InChI is InChI=1S/C31H29F4N5O/c1-18-5-3-8-23(11-18)36-16-19-12-26(31(33,34)35)28-27(13-19)38-30(41-28)21-7-4-6-20(14-21)24-10-9-22(32)15-25(24)29-39-37-17-40(29)2/h4,6-7,9-10,12-15,17-18,23,36H,3,5,8,11,16H2,1-2H3/t18-,23+/m0/s1. The molecule has 41 heavy (non-hydrogen) atoms. The van der Waals surface area contributed by atoms with Gasteiger partial charge in [-0.25, -0.2) is 9.37 Å². The van der Waals surface area contributed by atoms with Crippen LogP contribution in [0.5, 0.6) is 0 Å². The summed E-state index contributed by atoms with van der Waals surface area (Å²) < 4.78 is 64.1. The second kappa shape index (κ2) is 10.7. The lowest BCUT2D eigenvalue weighted by Crippen LogP contribution is -2.33. The Labute approximate surface area is 234 Å². The molecule has 0 bridgehead atoms. The molecule has 0 aliphatic heterocycles. The molecule has 3 aromatic carbocycles. The van der Waals surface area contributed by atoms with E-state index in [2.05, 4.69) is 27.4 Å². The summed E-state index contributed by atoms with van der Waals surface area (Å²) in [5, 5.41) is 11.5. The molecule has 0 spiro atoms. The van der Waals surface area contributed by atoms with E-state index in [9.17, 15) is 17.6 Å². The van der Waals surface area contributed by atoms with Gasteiger partial charge in [-0.05, 0) is 71.8 Å². The van der Waals surface area contributed by atoms with Crippen molar-refractivity contribution in [2.45, 2.75) is 51.4 Å². The van der Waals surface area contributed by atoms with Gasteiger partial charge in [0.2, 0.25) is 5.89 Å². The van der Waals surface area contributed by atoms with Crippen molar-refractivity contribution in [2.24, 2.45) is 13.0 Å². The highest BCUT2D eigenvalue weighted by Crippen LogP contribution is 2.39. The van der Waals surface area contributed by atoms with Gasteiger partial charge in [-0.1, -0.05) is 38.0 Å². The van der Waals surface area contributed by atoms with Crippen molar-refractivity contribution >= 4 is 11.1 Å². The minimum Gasteiger partial charge on any atom is -0.435 e. The molecule has 1 fully saturated rings. The quantitative estimate of drug-likeness (QED) is 0.214. The summed E-state index contributed by atoms with van der Waals surface area (Å²) in [4.78, 5) is 4.48. The van der Waals surface area contributed by atoms with Crippen molar-refractivity contribution in [2.75, 3.05) is 0 Å². The van der Waals surface area contributed by atoms with Crippen LogP contribution in [0, 0.1) is 11.7 Å². The topological polar surface area (TPSA) is 68.8 Å². The van der Waals surface area contributed by atoms with Gasteiger partial charge < -0.3 is 14.3 Å². The zero-order valence-corrected chi connectivity index (χ0v) is 22.7. The SMILES string of the molecule is C[C@H]1CCC[C@@H](NCc2cc(C(F)(F)F)c3oc(-c4cccc(-c5ccc(F)cc5-c5nncn5C)c4)nc3c2)C1. The molecule has 1 aliphatic carbocycles. The lowest BCUT2D eigenvalue weighted by molar-refractivity contribution is -0.136. The minimum atomic E-state index is -4.61. The maximum Gasteiger partial charge on any atom is 0.420 e. The zero-order chi connectivity index (χ0) is 28.7. The Morgan fingerprint density at radius 1 is 1.02 bits per heavy atom. The second-order valence-corrected chi connectivity index (χ2v) is 10.9. The first-order chi connectivity index (χ1) is 19.7. The Bertz CT molecular complexity index is 1710. The Balaban J connectivity index is 1.37. The fourth-order valence-corrected chi connectivity index (χ4v) is 5.71. The predicted octanol–water partition coefficient (Wildman–Crippen LogP) is 7.78. The van der Waals surface area contributed by atoms with Gasteiger partial charge in [0, 0.05) is 30.8 Å². The van der Waals surface area contributed by atoms with Crippen molar-refractivity contribution in [1.29, 1.82) is 0 Å². The number of nitrogens with zero attached hydrogens (tertiary/aromatic N) is 4. The van der Waals surface area contributed by atoms with E-state index in [-0.39, 0.29) is 23.0 Å². The van der Waals surface area contributed by atoms with Crippen LogP contribution >= 0.6 is 0 Å². The molecule has 0 amide bonds. The lowest BCUT2D eigenvalue weighted by Gasteiger charge is -2.27. The molecule has 10 heteroatoms. The molecule has 1 saturated carbocycles. The molecular weight excluding hydrogens is 534 g/mol. The number of oxazole rings is 1. The first-order valence-electron chi connectivity index (χ1n) is 13.6. The molecule has 6 nitrogen and oxygen atoms in total. The van der Waals surface area contributed by atoms with E-state index in [1.807, 2.05) is 6.07 Å². The van der Waals surface area contributed by atoms with E-state index in [4.69, 9.17) is 4.42 Å². The number of halogens is 4. The predicted molar refractivity (Wildman–Crippen MR) is 148 cm³/mol. The van der Waals surface area contributed by atoms with Crippen molar-refractivity contribution in [3.63, 3.8) is 0 Å². The minimum absolute atomic E-state index is 0.0703. The molecule has 2 heterocycles. The van der Waals surface area contributed by atoms with Crippen molar-refractivity contribution in [3.05, 3.63) is 77.9 Å². The maximum absolute atomic E-state index is 14.2. The summed E-state index contributed by atoms with van der Waals surface area (Å²) >= 11 is 0. The summed E-state index contributed by atoms with van der Waals surface area (Å²) in [5.74, 6) is 0.728. The Kier molecular flexibility index (Phi) is 7.11. The van der Waals surface area contributed by atoms with Gasteiger partial charge >= 0.3 is 6.18 Å². The number of hydrogen-bond donors (Lipinski definition) is 1. The van der Waals surface area contributed by atoms with Gasteiger partial charge in [-0.3, -0.25) is 0 Å². The first kappa shape index (κ1) is 27.1. The molecule has 212 valence electrons. The van der Waals surface area contributed by atoms with Gasteiger partial charge in [0.15, 0.2) is 11.4 Å². The first-order valence-corrected chi connectivity index (χ1v) is 13.6. The Hall–Kier alpha value is -4.05. The van der Waals surface area contributed by atoms with Crippen molar-refractivity contribution < 1.29 is 22.0 Å². The number of aromatic nitrogens is 4. The fourth-order valence-electron chi connectivity index (χ4n) is 5.71. The van der Waals surface area contributed by atoms with Crippen molar-refractivity contribution in [3.8, 4) is 34.0 Å². The van der Waals surface area contributed by atoms with Crippen LogP contribution in [-0.4, -0.2) is 25.8 Å². The van der Waals surface area contributed by atoms with Crippen LogP contribution in [0.25, 0.3) is 45.1 Å². The maximum atomic E-state index is 14.2. The Morgan fingerprint density at radius 2 is 1.85 bits per heavy atom. The van der Waals surface area contributed by atoms with Gasteiger partial charge in [-0.2, -0.15) is 13.2 Å². The number of aryl methyl sites for hydroxylation is 1. The third-order valence-corrected chi connectivity index (χ3v) is 7.74. The van der Waals surface area contributed by atoms with E-state index in [0.717, 1.165) is 25.3 Å². The van der Waals surface area contributed by atoms with Gasteiger partial charge in [0.1, 0.15) is 23.2 Å². The molecular formula is C31H29F4N5O. The molecule has 0 saturated heterocycles. The van der Waals surface area contributed by atoms with E-state index in [1.165, 1.54) is 24.9 Å². The summed E-state index contributed by atoms with van der Waals surface area (Å²) in [6.07, 6.45) is 1.27. The van der Waals surface area contributed by atoms with Crippen LogP contribution in [0.3, 0.4) is 0 Å². The van der Waals surface area contributed by atoms with Crippen LogP contribution in [0.15, 0.2) is 65.3 Å². The Morgan fingerprint density at radius 3 is 2.61 bits per heavy atom. The van der Waals surface area contributed by atoms with E-state index >= 15 is 0 Å². The molecule has 0 radical (unpaired) electrons. The van der Waals surface area contributed by atoms with E-state index in [0.29, 0.717) is 46.1 Å². The van der Waals surface area contributed by atoms with Crippen LogP contribution in [0.2, 0.25) is 0 Å². The number of fused-ring (bicyclic) bond motifs is 1. The van der Waals surface area contributed by atoms with Crippen LogP contribution in [0.4, 0.5) is 17.6 Å². The van der Waals surface area contributed by atoms with Crippen molar-refractivity contribution in [1.82, 2.24) is 25.1 Å². The summed E-state index contributed by atoms with van der Waals surface area (Å²) in [6.45, 7) is 2.53. The monoisotopic (exact) mass is 563 g/mol. The zero-order valence-electron chi connectivity index (χ0n) is 22.7. The summed E-state index contributed by atoms with van der Waals surface area (Å²) in [6, 6.07) is 14.5. The molecule has 0 unspecified atom stereocenters. The highest BCUT2D eigenvalue weighted by atomic mass is 19.4. The third kappa shape index (κ3) is 5.61.